The molecule has 1 fully saturated rings. The number of hydrogen-bond acceptors (Lipinski definition) is 3. The number of benzene rings is 1. The molecular formula is C15H23N3O. The standard InChI is InChI=1S/C15H23N3O/c1-11-3-4-13(9-14(11)16)15(19)17-10-12-5-7-18(2)8-6-12/h3-4,9,12H,5-8,10,16H2,1-2H3,(H,17,19). The smallest absolute Gasteiger partial charge is 0.251 e. The van der Waals surface area contributed by atoms with Gasteiger partial charge in [-0.2, -0.15) is 0 Å². The van der Waals surface area contributed by atoms with Crippen LogP contribution in [-0.4, -0.2) is 37.5 Å². The highest BCUT2D eigenvalue weighted by Crippen LogP contribution is 2.16. The molecule has 4 heteroatoms. The third-order valence-electron chi connectivity index (χ3n) is 3.93. The lowest BCUT2D eigenvalue weighted by molar-refractivity contribution is 0.0939. The predicted molar refractivity (Wildman–Crippen MR) is 78.1 cm³/mol. The van der Waals surface area contributed by atoms with Crippen LogP contribution in [0.1, 0.15) is 28.8 Å². The summed E-state index contributed by atoms with van der Waals surface area (Å²) >= 11 is 0. The molecule has 1 aromatic rings. The van der Waals surface area contributed by atoms with Gasteiger partial charge >= 0.3 is 0 Å². The van der Waals surface area contributed by atoms with Crippen LogP contribution in [-0.2, 0) is 0 Å². The van der Waals surface area contributed by atoms with Crippen molar-refractivity contribution in [1.82, 2.24) is 10.2 Å². The number of nitrogens with zero attached hydrogens (tertiary/aromatic N) is 1. The van der Waals surface area contributed by atoms with E-state index in [-0.39, 0.29) is 5.91 Å². The molecule has 1 aliphatic heterocycles. The number of nitrogens with one attached hydrogen (secondary N) is 1. The maximum absolute atomic E-state index is 12.0. The minimum Gasteiger partial charge on any atom is -0.398 e. The van der Waals surface area contributed by atoms with Crippen molar-refractivity contribution in [2.75, 3.05) is 32.4 Å². The molecule has 104 valence electrons. The number of anilines is 1. The monoisotopic (exact) mass is 261 g/mol. The van der Waals surface area contributed by atoms with E-state index in [4.69, 9.17) is 5.73 Å². The van der Waals surface area contributed by atoms with Crippen LogP contribution in [0.5, 0.6) is 0 Å². The van der Waals surface area contributed by atoms with E-state index in [1.807, 2.05) is 19.1 Å². The van der Waals surface area contributed by atoms with Gasteiger partial charge in [0.05, 0.1) is 0 Å². The topological polar surface area (TPSA) is 58.4 Å². The number of aryl methyl sites for hydroxylation is 1. The van der Waals surface area contributed by atoms with Gasteiger partial charge in [0.1, 0.15) is 0 Å². The van der Waals surface area contributed by atoms with Crippen LogP contribution < -0.4 is 11.1 Å². The highest BCUT2D eigenvalue weighted by atomic mass is 16.1. The van der Waals surface area contributed by atoms with E-state index >= 15 is 0 Å². The van der Waals surface area contributed by atoms with Gasteiger partial charge in [-0.3, -0.25) is 4.79 Å². The number of carbonyl (C=O) groups excluding carboxylic acids is 1. The SMILES string of the molecule is Cc1ccc(C(=O)NCC2CCN(C)CC2)cc1N. The minimum atomic E-state index is -0.0226. The summed E-state index contributed by atoms with van der Waals surface area (Å²) in [5.74, 6) is 0.577. The van der Waals surface area contributed by atoms with E-state index in [0.29, 0.717) is 17.2 Å². The molecule has 1 amide bonds. The number of nitrogen functional groups attached to an aromatic ring is 1. The fraction of sp³-hybridized carbons (Fsp3) is 0.533. The number of piperidine rings is 1. The summed E-state index contributed by atoms with van der Waals surface area (Å²) in [5, 5.41) is 3.02. The van der Waals surface area contributed by atoms with Gasteiger partial charge in [-0.1, -0.05) is 6.07 Å². The van der Waals surface area contributed by atoms with Gasteiger partial charge in [-0.15, -0.1) is 0 Å². The Morgan fingerprint density at radius 3 is 2.74 bits per heavy atom. The zero-order valence-electron chi connectivity index (χ0n) is 11.8. The van der Waals surface area contributed by atoms with Gasteiger partial charge in [0, 0.05) is 17.8 Å². The first-order valence-corrected chi connectivity index (χ1v) is 6.89. The lowest BCUT2D eigenvalue weighted by atomic mass is 9.97. The Morgan fingerprint density at radius 1 is 1.42 bits per heavy atom. The Labute approximate surface area is 115 Å². The summed E-state index contributed by atoms with van der Waals surface area (Å²) in [4.78, 5) is 14.4. The van der Waals surface area contributed by atoms with Crippen molar-refractivity contribution >= 4 is 11.6 Å². The van der Waals surface area contributed by atoms with Crippen molar-refractivity contribution in [1.29, 1.82) is 0 Å². The largest absolute Gasteiger partial charge is 0.398 e. The van der Waals surface area contributed by atoms with E-state index in [2.05, 4.69) is 17.3 Å². The molecule has 0 spiro atoms. The predicted octanol–water partition coefficient (Wildman–Crippen LogP) is 1.65. The second-order valence-electron chi connectivity index (χ2n) is 5.53. The molecule has 4 nitrogen and oxygen atoms in total. The van der Waals surface area contributed by atoms with E-state index in [1.54, 1.807) is 6.07 Å². The second kappa shape index (κ2) is 6.06. The van der Waals surface area contributed by atoms with E-state index in [1.165, 1.54) is 0 Å². The first kappa shape index (κ1) is 13.9. The average Bonchev–Trinajstić information content (AvgIpc) is 2.41. The molecule has 3 N–H and O–H groups in total. The molecule has 0 aromatic heterocycles. The summed E-state index contributed by atoms with van der Waals surface area (Å²) in [6.07, 6.45) is 2.32. The Kier molecular flexibility index (Phi) is 4.43. The molecule has 2 rings (SSSR count). The van der Waals surface area contributed by atoms with Crippen LogP contribution in [0.2, 0.25) is 0 Å². The summed E-state index contributed by atoms with van der Waals surface area (Å²) in [6, 6.07) is 5.47. The van der Waals surface area contributed by atoms with Crippen molar-refractivity contribution in [3.05, 3.63) is 29.3 Å². The van der Waals surface area contributed by atoms with Crippen LogP contribution >= 0.6 is 0 Å². The third kappa shape index (κ3) is 3.70. The normalized spacial score (nSPS) is 17.4. The molecule has 0 aliphatic carbocycles. The highest BCUT2D eigenvalue weighted by molar-refractivity contribution is 5.95. The van der Waals surface area contributed by atoms with E-state index in [9.17, 15) is 4.79 Å². The van der Waals surface area contributed by atoms with Crippen molar-refractivity contribution in [2.45, 2.75) is 19.8 Å². The molecule has 0 atom stereocenters. The van der Waals surface area contributed by atoms with Gasteiger partial charge in [0.2, 0.25) is 0 Å². The van der Waals surface area contributed by atoms with Crippen molar-refractivity contribution in [3.8, 4) is 0 Å². The van der Waals surface area contributed by atoms with Crippen LogP contribution in [0.15, 0.2) is 18.2 Å². The number of rotatable bonds is 3. The van der Waals surface area contributed by atoms with Crippen LogP contribution in [0.3, 0.4) is 0 Å². The van der Waals surface area contributed by atoms with E-state index < -0.39 is 0 Å². The number of amides is 1. The molecule has 1 heterocycles. The molecule has 1 aromatic carbocycles. The summed E-state index contributed by atoms with van der Waals surface area (Å²) in [5.41, 5.74) is 8.16. The van der Waals surface area contributed by atoms with Gasteiger partial charge in [0.15, 0.2) is 0 Å². The van der Waals surface area contributed by atoms with Crippen LogP contribution in [0.25, 0.3) is 0 Å². The molecule has 0 saturated carbocycles. The lowest BCUT2D eigenvalue weighted by Gasteiger charge is -2.28. The Morgan fingerprint density at radius 2 is 2.11 bits per heavy atom. The van der Waals surface area contributed by atoms with Gasteiger partial charge in [-0.25, -0.2) is 0 Å². The summed E-state index contributed by atoms with van der Waals surface area (Å²) in [6.45, 7) is 4.95. The van der Waals surface area contributed by atoms with Crippen LogP contribution in [0.4, 0.5) is 5.69 Å². The Hall–Kier alpha value is -1.55. The minimum absolute atomic E-state index is 0.0226. The molecule has 0 bridgehead atoms. The molecule has 19 heavy (non-hydrogen) atoms. The Balaban J connectivity index is 1.85. The van der Waals surface area contributed by atoms with Crippen LogP contribution in [0, 0.1) is 12.8 Å². The van der Waals surface area contributed by atoms with Gasteiger partial charge < -0.3 is 16.0 Å². The van der Waals surface area contributed by atoms with Gasteiger partial charge in [-0.05, 0) is 63.5 Å². The first-order chi connectivity index (χ1) is 9.06. The van der Waals surface area contributed by atoms with Crippen molar-refractivity contribution in [3.63, 3.8) is 0 Å². The molecule has 0 radical (unpaired) electrons. The summed E-state index contributed by atoms with van der Waals surface area (Å²) < 4.78 is 0. The van der Waals surface area contributed by atoms with Crippen molar-refractivity contribution < 1.29 is 4.79 Å². The second-order valence-corrected chi connectivity index (χ2v) is 5.53. The summed E-state index contributed by atoms with van der Waals surface area (Å²) in [7, 11) is 2.14. The quantitative estimate of drug-likeness (QED) is 0.813. The fourth-order valence-corrected chi connectivity index (χ4v) is 2.39. The van der Waals surface area contributed by atoms with Crippen molar-refractivity contribution in [2.24, 2.45) is 5.92 Å². The average molecular weight is 261 g/mol. The zero-order chi connectivity index (χ0) is 13.8. The molecular weight excluding hydrogens is 238 g/mol. The van der Waals surface area contributed by atoms with E-state index in [0.717, 1.165) is 38.0 Å². The Bertz CT molecular complexity index is 451. The third-order valence-corrected chi connectivity index (χ3v) is 3.93. The lowest BCUT2D eigenvalue weighted by Crippen LogP contribution is -2.36. The molecule has 0 unspecified atom stereocenters. The molecule has 1 aliphatic rings. The maximum Gasteiger partial charge on any atom is 0.251 e. The number of carbonyl (C=O) groups is 1. The number of nitrogens with two attached hydrogens (primary N) is 1. The number of hydrogen-bond donors (Lipinski definition) is 2. The van der Waals surface area contributed by atoms with Gasteiger partial charge in [0.25, 0.3) is 5.91 Å². The highest BCUT2D eigenvalue weighted by Gasteiger charge is 2.17. The fourth-order valence-electron chi connectivity index (χ4n) is 2.39. The maximum atomic E-state index is 12.0. The first-order valence-electron chi connectivity index (χ1n) is 6.89. The zero-order valence-corrected chi connectivity index (χ0v) is 11.8. The molecule has 1 saturated heterocycles. The number of likely N-dealkylation sites (tertiary alicyclic amines) is 1.